The zero-order chi connectivity index (χ0) is 21.6. The van der Waals surface area contributed by atoms with E-state index in [1.807, 2.05) is 43.3 Å². The minimum absolute atomic E-state index is 0.159. The smallest absolute Gasteiger partial charge is 0.265 e. The molecule has 1 aliphatic heterocycles. The number of pyridine rings is 2. The number of quaternary nitrogens is 1. The van der Waals surface area contributed by atoms with Crippen LogP contribution in [0.2, 0.25) is 0 Å². The molecular weight excluding hydrogens is 392 g/mol. The average Bonchev–Trinajstić information content (AvgIpc) is 2.80. The number of nitrogens with one attached hydrogen (secondary N) is 2. The molecule has 0 radical (unpaired) electrons. The molecule has 31 heavy (non-hydrogen) atoms. The summed E-state index contributed by atoms with van der Waals surface area (Å²) in [5.74, 6) is -0.328. The first-order valence-electron chi connectivity index (χ1n) is 10.9. The Balaban J connectivity index is 1.51. The highest BCUT2D eigenvalue weighted by atomic mass is 16.5. The Labute approximate surface area is 181 Å². The Morgan fingerprint density at radius 1 is 1.19 bits per heavy atom. The van der Waals surface area contributed by atoms with Crippen molar-refractivity contribution in [3.8, 4) is 0 Å². The van der Waals surface area contributed by atoms with Crippen LogP contribution in [0.1, 0.15) is 27.9 Å². The van der Waals surface area contributed by atoms with Crippen LogP contribution in [0.4, 0.5) is 0 Å². The summed E-state index contributed by atoms with van der Waals surface area (Å²) >= 11 is 0. The van der Waals surface area contributed by atoms with Crippen molar-refractivity contribution in [3.63, 3.8) is 0 Å². The van der Waals surface area contributed by atoms with Gasteiger partial charge < -0.3 is 15.0 Å². The van der Waals surface area contributed by atoms with Gasteiger partial charge in [0.25, 0.3) is 11.5 Å². The van der Waals surface area contributed by atoms with Crippen molar-refractivity contribution in [2.24, 2.45) is 0 Å². The molecule has 2 aromatic heterocycles. The lowest BCUT2D eigenvalue weighted by molar-refractivity contribution is -0.908. The number of ether oxygens (including phenoxy) is 1. The fraction of sp³-hybridized carbons (Fsp3) is 0.375. The van der Waals surface area contributed by atoms with E-state index in [0.717, 1.165) is 55.8 Å². The van der Waals surface area contributed by atoms with Crippen molar-refractivity contribution >= 4 is 16.9 Å². The van der Waals surface area contributed by atoms with Crippen LogP contribution in [-0.4, -0.2) is 54.9 Å². The molecular formula is C24H29N4O3+. The van der Waals surface area contributed by atoms with Crippen molar-refractivity contribution < 1.29 is 14.4 Å². The first kappa shape index (κ1) is 21.2. The highest BCUT2D eigenvalue weighted by Gasteiger charge is 2.17. The summed E-state index contributed by atoms with van der Waals surface area (Å²) in [7, 11) is 0. The van der Waals surface area contributed by atoms with E-state index < -0.39 is 0 Å². The number of hydrogen-bond acceptors (Lipinski definition) is 4. The summed E-state index contributed by atoms with van der Waals surface area (Å²) < 4.78 is 6.97. The lowest BCUT2D eigenvalue weighted by atomic mass is 10.1. The summed E-state index contributed by atoms with van der Waals surface area (Å²) in [4.78, 5) is 32.0. The number of amides is 1. The second kappa shape index (κ2) is 9.85. The molecule has 162 valence electrons. The Hall–Kier alpha value is -3.03. The summed E-state index contributed by atoms with van der Waals surface area (Å²) in [5, 5.41) is 3.70. The molecule has 4 rings (SSSR count). The van der Waals surface area contributed by atoms with Crippen LogP contribution in [0, 0.1) is 6.92 Å². The Morgan fingerprint density at radius 3 is 2.74 bits per heavy atom. The maximum Gasteiger partial charge on any atom is 0.265 e. The Morgan fingerprint density at radius 2 is 1.97 bits per heavy atom. The van der Waals surface area contributed by atoms with E-state index >= 15 is 0 Å². The highest BCUT2D eigenvalue weighted by molar-refractivity contribution is 5.96. The van der Waals surface area contributed by atoms with Gasteiger partial charge in [0.15, 0.2) is 0 Å². The van der Waals surface area contributed by atoms with Gasteiger partial charge in [-0.1, -0.05) is 29.8 Å². The van der Waals surface area contributed by atoms with Crippen LogP contribution in [0.5, 0.6) is 0 Å². The number of hydrogen-bond donors (Lipinski definition) is 2. The number of benzene rings is 1. The maximum atomic E-state index is 13.2. The monoisotopic (exact) mass is 421 g/mol. The Bertz CT molecular complexity index is 1100. The number of aryl methyl sites for hydroxylation is 1. The molecule has 0 bridgehead atoms. The Kier molecular flexibility index (Phi) is 6.74. The number of carbonyl (C=O) groups excluding carboxylic acids is 1. The van der Waals surface area contributed by atoms with E-state index in [1.165, 1.54) is 4.90 Å². The zero-order valence-electron chi connectivity index (χ0n) is 17.9. The molecule has 7 nitrogen and oxygen atoms in total. The van der Waals surface area contributed by atoms with Gasteiger partial charge in [-0.2, -0.15) is 0 Å². The fourth-order valence-corrected chi connectivity index (χ4v) is 3.94. The van der Waals surface area contributed by atoms with Gasteiger partial charge in [-0.15, -0.1) is 0 Å². The van der Waals surface area contributed by atoms with Crippen LogP contribution in [-0.2, 0) is 11.3 Å². The van der Waals surface area contributed by atoms with Gasteiger partial charge >= 0.3 is 0 Å². The molecule has 1 amide bonds. The average molecular weight is 422 g/mol. The number of morpholine rings is 1. The molecule has 1 aliphatic rings. The van der Waals surface area contributed by atoms with Gasteiger partial charge in [0.2, 0.25) is 0 Å². The number of carbonyl (C=O) groups is 1. The van der Waals surface area contributed by atoms with E-state index in [9.17, 15) is 9.59 Å². The summed E-state index contributed by atoms with van der Waals surface area (Å²) in [5.41, 5.74) is 2.58. The standard InChI is InChI=1S/C24H28N4O3/c1-18-5-7-19(8-6-18)17-28-22-20(4-2-9-25-22)16-21(24(28)30)23(29)26-10-3-11-27-12-14-31-15-13-27/h2,4-9,16H,3,10-15,17H2,1H3,(H,26,29)/p+1. The molecule has 1 aromatic carbocycles. The van der Waals surface area contributed by atoms with Gasteiger partial charge in [-0.25, -0.2) is 4.98 Å². The van der Waals surface area contributed by atoms with Crippen LogP contribution in [0.25, 0.3) is 11.0 Å². The van der Waals surface area contributed by atoms with Crippen molar-refractivity contribution in [2.75, 3.05) is 39.4 Å². The second-order valence-corrected chi connectivity index (χ2v) is 8.07. The maximum absolute atomic E-state index is 13.2. The molecule has 0 aliphatic carbocycles. The molecule has 0 unspecified atom stereocenters. The minimum Gasteiger partial charge on any atom is -0.370 e. The van der Waals surface area contributed by atoms with Gasteiger partial charge in [0.05, 0.1) is 26.3 Å². The van der Waals surface area contributed by atoms with Crippen LogP contribution in [0.15, 0.2) is 53.5 Å². The molecule has 1 fully saturated rings. The second-order valence-electron chi connectivity index (χ2n) is 8.07. The van der Waals surface area contributed by atoms with Crippen LogP contribution >= 0.6 is 0 Å². The third-order valence-corrected chi connectivity index (χ3v) is 5.75. The first-order valence-corrected chi connectivity index (χ1v) is 10.9. The van der Waals surface area contributed by atoms with Crippen molar-refractivity contribution in [1.82, 2.24) is 14.9 Å². The lowest BCUT2D eigenvalue weighted by Gasteiger charge is -2.23. The summed E-state index contributed by atoms with van der Waals surface area (Å²) in [6.45, 7) is 7.55. The summed E-state index contributed by atoms with van der Waals surface area (Å²) in [6, 6.07) is 13.4. The normalized spacial score (nSPS) is 14.6. The molecule has 1 saturated heterocycles. The number of aromatic nitrogens is 2. The van der Waals surface area contributed by atoms with E-state index in [0.29, 0.717) is 18.7 Å². The quantitative estimate of drug-likeness (QED) is 0.553. The third kappa shape index (κ3) is 5.18. The largest absolute Gasteiger partial charge is 0.370 e. The van der Waals surface area contributed by atoms with E-state index in [-0.39, 0.29) is 17.0 Å². The number of fused-ring (bicyclic) bond motifs is 1. The fourth-order valence-electron chi connectivity index (χ4n) is 3.94. The molecule has 0 saturated carbocycles. The predicted octanol–water partition coefficient (Wildman–Crippen LogP) is 0.788. The van der Waals surface area contributed by atoms with Gasteiger partial charge in [-0.05, 0) is 30.7 Å². The number of rotatable bonds is 7. The van der Waals surface area contributed by atoms with Crippen molar-refractivity contribution in [1.29, 1.82) is 0 Å². The van der Waals surface area contributed by atoms with Crippen molar-refractivity contribution in [2.45, 2.75) is 19.9 Å². The highest BCUT2D eigenvalue weighted by Crippen LogP contribution is 2.13. The first-order chi connectivity index (χ1) is 15.1. The van der Waals surface area contributed by atoms with E-state index in [1.54, 1.807) is 16.8 Å². The van der Waals surface area contributed by atoms with E-state index in [4.69, 9.17) is 4.74 Å². The van der Waals surface area contributed by atoms with Gasteiger partial charge in [-0.3, -0.25) is 14.2 Å². The third-order valence-electron chi connectivity index (χ3n) is 5.75. The predicted molar refractivity (Wildman–Crippen MR) is 120 cm³/mol. The van der Waals surface area contributed by atoms with E-state index in [2.05, 4.69) is 10.3 Å². The molecule has 2 N–H and O–H groups in total. The van der Waals surface area contributed by atoms with Gasteiger partial charge in [0.1, 0.15) is 24.3 Å². The number of nitrogens with zero attached hydrogens (tertiary/aromatic N) is 2. The van der Waals surface area contributed by atoms with Crippen LogP contribution < -0.4 is 15.8 Å². The molecule has 3 heterocycles. The lowest BCUT2D eigenvalue weighted by Crippen LogP contribution is -3.14. The van der Waals surface area contributed by atoms with Crippen LogP contribution in [0.3, 0.4) is 0 Å². The van der Waals surface area contributed by atoms with Gasteiger partial charge in [0, 0.05) is 24.5 Å². The molecule has 3 aromatic rings. The zero-order valence-corrected chi connectivity index (χ0v) is 17.9. The minimum atomic E-state index is -0.328. The molecule has 0 atom stereocenters. The van der Waals surface area contributed by atoms with Crippen molar-refractivity contribution in [3.05, 3.63) is 75.7 Å². The molecule has 0 spiro atoms. The topological polar surface area (TPSA) is 77.7 Å². The molecule has 7 heteroatoms. The SMILES string of the molecule is Cc1ccc(Cn2c(=O)c(C(=O)NCCC[NH+]3CCOCC3)cc3cccnc32)cc1. The summed E-state index contributed by atoms with van der Waals surface area (Å²) in [6.07, 6.45) is 2.54.